The zero-order valence-corrected chi connectivity index (χ0v) is 23.4. The molecule has 0 aromatic heterocycles. The van der Waals surface area contributed by atoms with Crippen molar-refractivity contribution in [1.29, 1.82) is 0 Å². The largest absolute Gasteiger partial charge is 0.383 e. The molecule has 0 radical (unpaired) electrons. The molecule has 4 heterocycles. The summed E-state index contributed by atoms with van der Waals surface area (Å²) in [6, 6.07) is -1.42. The summed E-state index contributed by atoms with van der Waals surface area (Å²) in [5, 5.41) is 30.4. The molecule has 2 unspecified atom stereocenters. The third-order valence-electron chi connectivity index (χ3n) is 6.90. The molecule has 41 heavy (non-hydrogen) atoms. The molecule has 4 rings (SSSR count). The third kappa shape index (κ3) is 6.65. The van der Waals surface area contributed by atoms with Gasteiger partial charge in [-0.2, -0.15) is 10.1 Å². The van der Waals surface area contributed by atoms with Crippen LogP contribution in [0.25, 0.3) is 0 Å². The molecule has 18 nitrogen and oxygen atoms in total. The second-order valence-electron chi connectivity index (χ2n) is 10.1. The zero-order valence-electron chi connectivity index (χ0n) is 22.6. The number of carbonyl (C=O) groups excluding carboxylic acids is 3. The van der Waals surface area contributed by atoms with Crippen LogP contribution in [0.2, 0.25) is 0 Å². The van der Waals surface area contributed by atoms with Crippen LogP contribution in [0.15, 0.2) is 60.1 Å². The molecule has 222 valence electrons. The number of hydrogen-bond acceptors (Lipinski definition) is 11. The first-order valence-electron chi connectivity index (χ1n) is 12.9. The van der Waals surface area contributed by atoms with E-state index in [9.17, 15) is 14.4 Å². The summed E-state index contributed by atoms with van der Waals surface area (Å²) >= 11 is 6.04. The molecule has 0 aromatic rings. The van der Waals surface area contributed by atoms with E-state index in [0.717, 1.165) is 0 Å². The second-order valence-corrected chi connectivity index (χ2v) is 10.5. The fourth-order valence-corrected chi connectivity index (χ4v) is 4.82. The number of nitrogens with one attached hydrogen (secondary N) is 5. The highest BCUT2D eigenvalue weighted by atomic mass is 35.5. The van der Waals surface area contributed by atoms with Gasteiger partial charge in [-0.05, 0) is 38.8 Å². The number of likely N-dealkylation sites (tertiary alicyclic amines) is 1. The topological polar surface area (TPSA) is 258 Å². The van der Waals surface area contributed by atoms with Crippen molar-refractivity contribution in [3.05, 3.63) is 34.5 Å². The summed E-state index contributed by atoms with van der Waals surface area (Å²) in [6.45, 7) is 5.07. The number of azo groups is 1. The maximum Gasteiger partial charge on any atom is 0.320 e. The van der Waals surface area contributed by atoms with Crippen molar-refractivity contribution in [2.75, 3.05) is 26.2 Å². The summed E-state index contributed by atoms with van der Waals surface area (Å²) in [6.07, 6.45) is 3.32. The number of aliphatic imine (C=N–C) groups is 1. The van der Waals surface area contributed by atoms with Crippen molar-refractivity contribution < 1.29 is 14.4 Å². The van der Waals surface area contributed by atoms with Crippen molar-refractivity contribution in [2.24, 2.45) is 43.0 Å². The highest BCUT2D eigenvalue weighted by Gasteiger charge is 2.45. The van der Waals surface area contributed by atoms with Gasteiger partial charge in [0.25, 0.3) is 17.8 Å². The lowest BCUT2D eigenvalue weighted by Gasteiger charge is -2.47. The Kier molecular flexibility index (Phi) is 8.92. The molecular weight excluding hydrogens is 558 g/mol. The molecule has 11 N–H and O–H groups in total. The molecular formula is C22H34ClN15O3. The Balaban J connectivity index is 1.38. The Hall–Kier alpha value is -4.45. The van der Waals surface area contributed by atoms with Crippen LogP contribution in [0, 0.1) is 0 Å². The lowest BCUT2D eigenvalue weighted by Crippen LogP contribution is -2.64. The van der Waals surface area contributed by atoms with Crippen molar-refractivity contribution in [3.8, 4) is 0 Å². The Labute approximate surface area is 240 Å². The predicted octanol–water partition coefficient (Wildman–Crippen LogP) is -1.51. The lowest BCUT2D eigenvalue weighted by molar-refractivity contribution is -0.129. The number of rotatable bonds is 5. The molecule has 0 aliphatic carbocycles. The minimum Gasteiger partial charge on any atom is -0.383 e. The van der Waals surface area contributed by atoms with E-state index in [4.69, 9.17) is 29.0 Å². The van der Waals surface area contributed by atoms with Crippen molar-refractivity contribution in [2.45, 2.75) is 50.5 Å². The first-order valence-corrected chi connectivity index (χ1v) is 13.3. The number of urea groups is 1. The number of halogens is 1. The van der Waals surface area contributed by atoms with Gasteiger partial charge in [0.05, 0.1) is 12.1 Å². The van der Waals surface area contributed by atoms with Gasteiger partial charge in [-0.3, -0.25) is 19.9 Å². The molecule has 2 atom stereocenters. The number of nitrogens with two attached hydrogens (primary N) is 3. The Morgan fingerprint density at radius 1 is 1.22 bits per heavy atom. The van der Waals surface area contributed by atoms with Crippen LogP contribution in [-0.2, 0) is 9.59 Å². The average molecular weight is 592 g/mol. The monoisotopic (exact) mass is 591 g/mol. The molecule has 1 saturated heterocycles. The number of allylic oxidation sites excluding steroid dienone is 2. The minimum atomic E-state index is -1.08. The van der Waals surface area contributed by atoms with Crippen molar-refractivity contribution >= 4 is 35.4 Å². The lowest BCUT2D eigenvalue weighted by atomic mass is 9.86. The first kappa shape index (κ1) is 29.5. The standard InChI is InChI=1S/C22H34ClN15O3/c1-11(2)29-21(41)30-13-4-3-12(9-27-13)19(40)37-7-5-22(6-8-37)10-28-35-20(38(22)26)33-18(39)14-17(34-36-25)32-16(24)15(23)31-14/h3-4,11,14,17,27,31-32H,5-10,24,26H2,1-2H3,(H2,25,34)(H2,29,30,41). The van der Waals surface area contributed by atoms with E-state index in [1.54, 1.807) is 17.1 Å². The Morgan fingerprint density at radius 3 is 2.59 bits per heavy atom. The molecule has 4 aliphatic heterocycles. The van der Waals surface area contributed by atoms with E-state index in [1.807, 2.05) is 13.8 Å². The van der Waals surface area contributed by atoms with Gasteiger partial charge in [0, 0.05) is 31.2 Å². The first-order chi connectivity index (χ1) is 19.5. The van der Waals surface area contributed by atoms with Crippen LogP contribution in [-0.4, -0.2) is 83.7 Å². The fourth-order valence-electron chi connectivity index (χ4n) is 4.65. The van der Waals surface area contributed by atoms with Gasteiger partial charge in [0.2, 0.25) is 0 Å². The van der Waals surface area contributed by atoms with Gasteiger partial charge in [0.15, 0.2) is 12.2 Å². The number of dihydropyridines is 1. The SMILES string of the molecule is CC(C)NC(=O)NC1=CC=C(C(=O)N2CCC3(CC2)CN=NC(=NC(=O)C2NC(Cl)=C(N)NC2N=NN)N3N)CN1. The van der Waals surface area contributed by atoms with Crippen LogP contribution in [0.4, 0.5) is 4.79 Å². The molecule has 0 bridgehead atoms. The molecule has 1 spiro atoms. The fraction of sp³-hybridized carbons (Fsp3) is 0.545. The van der Waals surface area contributed by atoms with E-state index < -0.39 is 23.7 Å². The molecule has 0 saturated carbocycles. The van der Waals surface area contributed by atoms with Gasteiger partial charge < -0.3 is 37.7 Å². The quantitative estimate of drug-likeness (QED) is 0.0792. The summed E-state index contributed by atoms with van der Waals surface area (Å²) in [4.78, 5) is 43.9. The maximum absolute atomic E-state index is 13.2. The van der Waals surface area contributed by atoms with E-state index in [-0.39, 0.29) is 48.0 Å². The van der Waals surface area contributed by atoms with Crippen LogP contribution >= 0.6 is 11.6 Å². The van der Waals surface area contributed by atoms with E-state index in [0.29, 0.717) is 37.3 Å². The normalized spacial score (nSPS) is 25.0. The highest BCUT2D eigenvalue weighted by Crippen LogP contribution is 2.31. The van der Waals surface area contributed by atoms with E-state index >= 15 is 0 Å². The van der Waals surface area contributed by atoms with E-state index in [1.165, 1.54) is 5.01 Å². The van der Waals surface area contributed by atoms with Crippen molar-refractivity contribution in [1.82, 2.24) is 36.5 Å². The number of carbonyl (C=O) groups is 3. The number of hydrazine groups is 1. The molecule has 0 aromatic carbocycles. The molecule has 19 heteroatoms. The maximum atomic E-state index is 13.2. The van der Waals surface area contributed by atoms with Gasteiger partial charge in [0.1, 0.15) is 16.8 Å². The number of piperidine rings is 1. The van der Waals surface area contributed by atoms with Crippen LogP contribution in [0.5, 0.6) is 0 Å². The summed E-state index contributed by atoms with van der Waals surface area (Å²) in [5.74, 6) is 11.2. The van der Waals surface area contributed by atoms with Gasteiger partial charge in [-0.25, -0.2) is 10.6 Å². The zero-order chi connectivity index (χ0) is 29.7. The van der Waals surface area contributed by atoms with Crippen LogP contribution in [0.1, 0.15) is 26.7 Å². The third-order valence-corrected chi connectivity index (χ3v) is 7.21. The molecule has 4 amide bonds. The van der Waals surface area contributed by atoms with Gasteiger partial charge >= 0.3 is 6.03 Å². The Bertz CT molecular complexity index is 1250. The van der Waals surface area contributed by atoms with Crippen LogP contribution < -0.4 is 44.0 Å². The predicted molar refractivity (Wildman–Crippen MR) is 148 cm³/mol. The second kappa shape index (κ2) is 12.4. The van der Waals surface area contributed by atoms with Gasteiger partial charge in [-0.15, -0.1) is 10.2 Å². The smallest absolute Gasteiger partial charge is 0.320 e. The number of amides is 4. The Morgan fingerprint density at radius 2 is 1.95 bits per heavy atom. The number of nitrogens with zero attached hydrogens (tertiary/aromatic N) is 7. The number of hydrogen-bond donors (Lipinski definition) is 8. The molecule has 1 fully saturated rings. The number of guanidine groups is 1. The van der Waals surface area contributed by atoms with E-state index in [2.05, 4.69) is 52.1 Å². The molecule has 4 aliphatic rings. The van der Waals surface area contributed by atoms with Crippen LogP contribution in [0.3, 0.4) is 0 Å². The average Bonchev–Trinajstić information content (AvgIpc) is 2.93. The summed E-state index contributed by atoms with van der Waals surface area (Å²) in [7, 11) is 0. The van der Waals surface area contributed by atoms with Gasteiger partial charge in [-0.1, -0.05) is 16.8 Å². The summed E-state index contributed by atoms with van der Waals surface area (Å²) < 4.78 is 0. The summed E-state index contributed by atoms with van der Waals surface area (Å²) in [5.41, 5.74) is 5.62. The highest BCUT2D eigenvalue weighted by molar-refractivity contribution is 6.29. The van der Waals surface area contributed by atoms with Crippen molar-refractivity contribution in [3.63, 3.8) is 0 Å². The minimum absolute atomic E-state index is 0.00394.